The number of pyridine rings is 1. The minimum atomic E-state index is 0.299. The summed E-state index contributed by atoms with van der Waals surface area (Å²) in [5, 5.41) is 0. The highest BCUT2D eigenvalue weighted by molar-refractivity contribution is 5.44. The number of rotatable bonds is 0. The molecule has 0 spiro atoms. The van der Waals surface area contributed by atoms with Gasteiger partial charge in [-0.3, -0.25) is 0 Å². The van der Waals surface area contributed by atoms with Gasteiger partial charge in [-0.1, -0.05) is 6.07 Å². The molecule has 1 atom stereocenters. The van der Waals surface area contributed by atoms with E-state index in [-0.39, 0.29) is 0 Å². The molecule has 1 aliphatic rings. The fourth-order valence-corrected chi connectivity index (χ4v) is 2.20. The highest BCUT2D eigenvalue weighted by atomic mass is 15.0. The molecular weight excluding hydrogens is 174 g/mol. The molecule has 0 saturated heterocycles. The van der Waals surface area contributed by atoms with Crippen molar-refractivity contribution in [2.45, 2.75) is 25.3 Å². The fourth-order valence-electron chi connectivity index (χ4n) is 2.20. The first-order valence-electron chi connectivity index (χ1n) is 5.05. The van der Waals surface area contributed by atoms with Crippen LogP contribution in [0.1, 0.15) is 17.8 Å². The van der Waals surface area contributed by atoms with E-state index in [1.807, 2.05) is 18.2 Å². The zero-order chi connectivity index (χ0) is 9.54. The minimum Gasteiger partial charge on any atom is -0.327 e. The smallest absolute Gasteiger partial charge is 0.137 e. The summed E-state index contributed by atoms with van der Waals surface area (Å²) in [5.74, 6) is 0. The molecule has 14 heavy (non-hydrogen) atoms. The van der Waals surface area contributed by atoms with Gasteiger partial charge in [0.05, 0.1) is 5.69 Å². The van der Waals surface area contributed by atoms with Gasteiger partial charge >= 0.3 is 0 Å². The van der Waals surface area contributed by atoms with Gasteiger partial charge in [0, 0.05) is 24.4 Å². The number of nitrogens with zero attached hydrogens (tertiary/aromatic N) is 2. The number of aromatic nitrogens is 2. The summed E-state index contributed by atoms with van der Waals surface area (Å²) < 4.78 is 2.18. The van der Waals surface area contributed by atoms with Gasteiger partial charge in [0.1, 0.15) is 5.65 Å². The molecule has 0 aromatic carbocycles. The summed E-state index contributed by atoms with van der Waals surface area (Å²) in [5.41, 5.74) is 9.51. The van der Waals surface area contributed by atoms with E-state index in [0.717, 1.165) is 24.9 Å². The predicted octanol–water partition coefficient (Wildman–Crippen LogP) is 1.15. The van der Waals surface area contributed by atoms with E-state index in [1.165, 1.54) is 11.4 Å². The quantitative estimate of drug-likeness (QED) is 0.672. The number of fused-ring (bicyclic) bond motifs is 3. The Morgan fingerprint density at radius 1 is 1.43 bits per heavy atom. The lowest BCUT2D eigenvalue weighted by Gasteiger charge is -2.16. The largest absolute Gasteiger partial charge is 0.327 e. The van der Waals surface area contributed by atoms with Gasteiger partial charge in [-0.25, -0.2) is 4.98 Å². The molecule has 1 aliphatic carbocycles. The van der Waals surface area contributed by atoms with E-state index in [9.17, 15) is 0 Å². The SMILES string of the molecule is NC1CCc2c(nc3ccccn23)C1. The van der Waals surface area contributed by atoms with Crippen LogP contribution in [0.15, 0.2) is 24.4 Å². The van der Waals surface area contributed by atoms with Gasteiger partial charge in [0.2, 0.25) is 0 Å². The number of nitrogens with two attached hydrogens (primary N) is 1. The Kier molecular flexibility index (Phi) is 1.61. The molecule has 1 unspecified atom stereocenters. The lowest BCUT2D eigenvalue weighted by atomic mass is 9.97. The van der Waals surface area contributed by atoms with E-state index in [1.54, 1.807) is 0 Å². The Morgan fingerprint density at radius 3 is 3.29 bits per heavy atom. The Balaban J connectivity index is 2.24. The van der Waals surface area contributed by atoms with Crippen LogP contribution in [0, 0.1) is 0 Å². The van der Waals surface area contributed by atoms with Crippen LogP contribution in [0.2, 0.25) is 0 Å². The zero-order valence-electron chi connectivity index (χ0n) is 7.98. The van der Waals surface area contributed by atoms with Gasteiger partial charge in [-0.2, -0.15) is 0 Å². The van der Waals surface area contributed by atoms with Crippen molar-refractivity contribution >= 4 is 5.65 Å². The molecule has 0 amide bonds. The molecule has 0 saturated carbocycles. The lowest BCUT2D eigenvalue weighted by Crippen LogP contribution is -2.28. The fraction of sp³-hybridized carbons (Fsp3) is 0.364. The van der Waals surface area contributed by atoms with E-state index in [0.29, 0.717) is 6.04 Å². The topological polar surface area (TPSA) is 43.3 Å². The van der Waals surface area contributed by atoms with E-state index in [2.05, 4.69) is 15.6 Å². The van der Waals surface area contributed by atoms with Gasteiger partial charge in [-0.05, 0) is 25.0 Å². The third-order valence-corrected chi connectivity index (χ3v) is 2.92. The molecule has 2 heterocycles. The van der Waals surface area contributed by atoms with Gasteiger partial charge < -0.3 is 10.1 Å². The molecule has 0 bridgehead atoms. The summed E-state index contributed by atoms with van der Waals surface area (Å²) in [6.07, 6.45) is 5.15. The molecule has 3 heteroatoms. The molecule has 2 N–H and O–H groups in total. The van der Waals surface area contributed by atoms with Crippen LogP contribution in [0.5, 0.6) is 0 Å². The second kappa shape index (κ2) is 2.82. The Bertz CT molecular complexity index is 472. The summed E-state index contributed by atoms with van der Waals surface area (Å²) in [6.45, 7) is 0. The first kappa shape index (κ1) is 8.00. The third-order valence-electron chi connectivity index (χ3n) is 2.92. The van der Waals surface area contributed by atoms with Gasteiger partial charge in [0.15, 0.2) is 0 Å². The second-order valence-corrected chi connectivity index (χ2v) is 3.94. The van der Waals surface area contributed by atoms with Crippen molar-refractivity contribution in [1.29, 1.82) is 0 Å². The molecule has 3 nitrogen and oxygen atoms in total. The van der Waals surface area contributed by atoms with Crippen molar-refractivity contribution in [2.24, 2.45) is 5.73 Å². The van der Waals surface area contributed by atoms with Gasteiger partial charge in [0.25, 0.3) is 0 Å². The molecule has 2 aromatic heterocycles. The van der Waals surface area contributed by atoms with Crippen molar-refractivity contribution in [2.75, 3.05) is 0 Å². The van der Waals surface area contributed by atoms with Crippen molar-refractivity contribution in [1.82, 2.24) is 9.38 Å². The normalized spacial score (nSPS) is 21.1. The van der Waals surface area contributed by atoms with Crippen LogP contribution in [0.4, 0.5) is 0 Å². The molecule has 72 valence electrons. The average Bonchev–Trinajstić information content (AvgIpc) is 2.54. The van der Waals surface area contributed by atoms with Crippen LogP contribution in [-0.4, -0.2) is 15.4 Å². The van der Waals surface area contributed by atoms with E-state index < -0.39 is 0 Å². The van der Waals surface area contributed by atoms with Crippen LogP contribution in [0.3, 0.4) is 0 Å². The number of hydrogen-bond donors (Lipinski definition) is 1. The standard InChI is InChI=1S/C11H13N3/c12-8-4-5-10-9(7-8)13-11-3-1-2-6-14(10)11/h1-3,6,8H,4-5,7,12H2. The third kappa shape index (κ3) is 1.06. The maximum absolute atomic E-state index is 5.92. The van der Waals surface area contributed by atoms with E-state index in [4.69, 9.17) is 5.73 Å². The monoisotopic (exact) mass is 187 g/mol. The molecular formula is C11H13N3. The Morgan fingerprint density at radius 2 is 2.36 bits per heavy atom. The van der Waals surface area contributed by atoms with Gasteiger partial charge in [-0.15, -0.1) is 0 Å². The van der Waals surface area contributed by atoms with Crippen molar-refractivity contribution in [3.63, 3.8) is 0 Å². The molecule has 2 aromatic rings. The number of hydrogen-bond acceptors (Lipinski definition) is 2. The summed E-state index contributed by atoms with van der Waals surface area (Å²) in [6, 6.07) is 6.41. The maximum Gasteiger partial charge on any atom is 0.137 e. The highest BCUT2D eigenvalue weighted by Crippen LogP contribution is 2.21. The maximum atomic E-state index is 5.92. The molecule has 0 radical (unpaired) electrons. The number of aryl methyl sites for hydroxylation is 1. The lowest BCUT2D eigenvalue weighted by molar-refractivity contribution is 0.561. The highest BCUT2D eigenvalue weighted by Gasteiger charge is 2.20. The average molecular weight is 187 g/mol. The van der Waals surface area contributed by atoms with Crippen LogP contribution in [-0.2, 0) is 12.8 Å². The summed E-state index contributed by atoms with van der Waals surface area (Å²) in [7, 11) is 0. The van der Waals surface area contributed by atoms with Crippen molar-refractivity contribution in [3.05, 3.63) is 35.8 Å². The van der Waals surface area contributed by atoms with Crippen LogP contribution in [0.25, 0.3) is 5.65 Å². The second-order valence-electron chi connectivity index (χ2n) is 3.94. The van der Waals surface area contributed by atoms with E-state index >= 15 is 0 Å². The number of imidazole rings is 1. The van der Waals surface area contributed by atoms with Crippen molar-refractivity contribution in [3.8, 4) is 0 Å². The van der Waals surface area contributed by atoms with Crippen LogP contribution < -0.4 is 5.73 Å². The Labute approximate surface area is 82.6 Å². The summed E-state index contributed by atoms with van der Waals surface area (Å²) >= 11 is 0. The van der Waals surface area contributed by atoms with Crippen LogP contribution >= 0.6 is 0 Å². The molecule has 0 aliphatic heterocycles. The molecule has 3 rings (SSSR count). The first-order valence-corrected chi connectivity index (χ1v) is 5.05. The zero-order valence-corrected chi connectivity index (χ0v) is 7.98. The molecule has 0 fully saturated rings. The van der Waals surface area contributed by atoms with Crippen molar-refractivity contribution < 1.29 is 0 Å². The first-order chi connectivity index (χ1) is 6.84. The predicted molar refractivity (Wildman–Crippen MR) is 55.2 cm³/mol. The minimum absolute atomic E-state index is 0.299. The Hall–Kier alpha value is -1.35. The summed E-state index contributed by atoms with van der Waals surface area (Å²) in [4.78, 5) is 4.59.